The molecule has 0 radical (unpaired) electrons. The zero-order valence-corrected chi connectivity index (χ0v) is 13.5. The van der Waals surface area contributed by atoms with Crippen molar-refractivity contribution in [3.63, 3.8) is 0 Å². The number of aromatic nitrogens is 4. The lowest BCUT2D eigenvalue weighted by molar-refractivity contribution is 0.275. The number of aliphatic hydroxyl groups excluding tert-OH is 1. The average molecular weight is 314 g/mol. The minimum Gasteiger partial charge on any atom is -0.390 e. The van der Waals surface area contributed by atoms with Gasteiger partial charge < -0.3 is 5.11 Å². The highest BCUT2D eigenvalue weighted by atomic mass is 32.1. The lowest BCUT2D eigenvalue weighted by Crippen LogP contribution is -2.05. The molecule has 114 valence electrons. The summed E-state index contributed by atoms with van der Waals surface area (Å²) in [7, 11) is 0. The fourth-order valence-electron chi connectivity index (χ4n) is 2.32. The number of hydrogen-bond donors (Lipinski definition) is 1. The van der Waals surface area contributed by atoms with Gasteiger partial charge in [-0.3, -0.25) is 0 Å². The van der Waals surface area contributed by atoms with Gasteiger partial charge in [0.1, 0.15) is 5.69 Å². The fourth-order valence-corrected chi connectivity index (χ4v) is 3.09. The maximum absolute atomic E-state index is 9.48. The second kappa shape index (κ2) is 6.37. The third-order valence-corrected chi connectivity index (χ3v) is 4.49. The largest absolute Gasteiger partial charge is 0.390 e. The monoisotopic (exact) mass is 314 g/mol. The van der Waals surface area contributed by atoms with Crippen LogP contribution in [0.25, 0.3) is 5.13 Å². The van der Waals surface area contributed by atoms with Crippen molar-refractivity contribution in [2.24, 2.45) is 0 Å². The van der Waals surface area contributed by atoms with Crippen LogP contribution < -0.4 is 0 Å². The van der Waals surface area contributed by atoms with E-state index >= 15 is 0 Å². The van der Waals surface area contributed by atoms with E-state index in [-0.39, 0.29) is 6.61 Å². The Balaban J connectivity index is 1.85. The Labute approximate surface area is 133 Å². The van der Waals surface area contributed by atoms with Crippen LogP contribution in [0.3, 0.4) is 0 Å². The minimum absolute atomic E-state index is 0.104. The standard InChI is InChI=1S/C16H18N4OS/c1-11-3-5-13(6-4-11)7-8-15-14(9-21)18-19-20(15)16-17-12(2)10-22-16/h3-6,10,21H,7-9H2,1-2H3. The quantitative estimate of drug-likeness (QED) is 0.786. The topological polar surface area (TPSA) is 63.8 Å². The van der Waals surface area contributed by atoms with E-state index < -0.39 is 0 Å². The van der Waals surface area contributed by atoms with E-state index in [1.54, 1.807) is 4.68 Å². The Morgan fingerprint density at radius 3 is 2.55 bits per heavy atom. The molecule has 0 bridgehead atoms. The maximum atomic E-state index is 9.48. The molecule has 0 amide bonds. The molecule has 2 aromatic heterocycles. The summed E-state index contributed by atoms with van der Waals surface area (Å²) in [4.78, 5) is 4.45. The molecule has 0 spiro atoms. The number of benzene rings is 1. The highest BCUT2D eigenvalue weighted by molar-refractivity contribution is 7.12. The normalized spacial score (nSPS) is 11.0. The molecule has 0 unspecified atom stereocenters. The Bertz CT molecular complexity index is 761. The first-order chi connectivity index (χ1) is 10.7. The van der Waals surface area contributed by atoms with E-state index in [1.165, 1.54) is 22.5 Å². The molecule has 22 heavy (non-hydrogen) atoms. The molecular weight excluding hydrogens is 296 g/mol. The van der Waals surface area contributed by atoms with Crippen molar-refractivity contribution in [3.05, 3.63) is 57.9 Å². The van der Waals surface area contributed by atoms with Crippen molar-refractivity contribution in [1.82, 2.24) is 20.0 Å². The summed E-state index contributed by atoms with van der Waals surface area (Å²) in [5.74, 6) is 0. The summed E-state index contributed by atoms with van der Waals surface area (Å²) in [6, 6.07) is 8.50. The number of rotatable bonds is 5. The van der Waals surface area contributed by atoms with Gasteiger partial charge in [0.15, 0.2) is 0 Å². The van der Waals surface area contributed by atoms with Gasteiger partial charge in [-0.25, -0.2) is 4.98 Å². The first kappa shape index (κ1) is 14.9. The highest BCUT2D eigenvalue weighted by Gasteiger charge is 2.15. The first-order valence-corrected chi connectivity index (χ1v) is 8.07. The summed E-state index contributed by atoms with van der Waals surface area (Å²) in [6.45, 7) is 3.93. The summed E-state index contributed by atoms with van der Waals surface area (Å²) in [5, 5.41) is 20.5. The zero-order valence-electron chi connectivity index (χ0n) is 12.7. The zero-order chi connectivity index (χ0) is 15.5. The number of aryl methyl sites for hydroxylation is 3. The number of aliphatic hydroxyl groups is 1. The molecule has 0 saturated carbocycles. The maximum Gasteiger partial charge on any atom is 0.212 e. The van der Waals surface area contributed by atoms with Crippen LogP contribution in [0, 0.1) is 13.8 Å². The second-order valence-electron chi connectivity index (χ2n) is 5.31. The summed E-state index contributed by atoms with van der Waals surface area (Å²) in [6.07, 6.45) is 1.65. The second-order valence-corrected chi connectivity index (χ2v) is 6.15. The van der Waals surface area contributed by atoms with Gasteiger partial charge >= 0.3 is 0 Å². The van der Waals surface area contributed by atoms with E-state index in [2.05, 4.69) is 46.5 Å². The molecule has 0 fully saturated rings. The van der Waals surface area contributed by atoms with Crippen LogP contribution in [-0.4, -0.2) is 25.1 Å². The number of hydrogen-bond acceptors (Lipinski definition) is 5. The molecule has 0 saturated heterocycles. The first-order valence-electron chi connectivity index (χ1n) is 7.19. The fraction of sp³-hybridized carbons (Fsp3) is 0.312. The van der Waals surface area contributed by atoms with Crippen LogP contribution >= 0.6 is 11.3 Å². The third-order valence-electron chi connectivity index (χ3n) is 3.55. The van der Waals surface area contributed by atoms with Crippen LogP contribution in [0.4, 0.5) is 0 Å². The molecule has 0 aliphatic heterocycles. The minimum atomic E-state index is -0.104. The van der Waals surface area contributed by atoms with Gasteiger partial charge in [-0.05, 0) is 32.3 Å². The third kappa shape index (κ3) is 3.08. The molecule has 2 heterocycles. The van der Waals surface area contributed by atoms with E-state index in [1.807, 2.05) is 12.3 Å². The van der Waals surface area contributed by atoms with Gasteiger partial charge in [0, 0.05) is 5.38 Å². The van der Waals surface area contributed by atoms with Crippen molar-refractivity contribution in [2.45, 2.75) is 33.3 Å². The lowest BCUT2D eigenvalue weighted by atomic mass is 10.1. The molecule has 1 N–H and O–H groups in total. The number of nitrogens with zero attached hydrogens (tertiary/aromatic N) is 4. The van der Waals surface area contributed by atoms with Gasteiger partial charge in [-0.1, -0.05) is 35.0 Å². The van der Waals surface area contributed by atoms with Crippen molar-refractivity contribution in [1.29, 1.82) is 0 Å². The molecule has 0 aliphatic rings. The summed E-state index contributed by atoms with van der Waals surface area (Å²) >= 11 is 1.53. The number of thiazole rings is 1. The predicted molar refractivity (Wildman–Crippen MR) is 86.3 cm³/mol. The summed E-state index contributed by atoms with van der Waals surface area (Å²) in [5.41, 5.74) is 5.03. The molecule has 0 atom stereocenters. The van der Waals surface area contributed by atoms with E-state index in [0.717, 1.165) is 29.4 Å². The molecule has 3 rings (SSSR count). The van der Waals surface area contributed by atoms with Gasteiger partial charge in [0.25, 0.3) is 0 Å². The lowest BCUT2D eigenvalue weighted by Gasteiger charge is -2.05. The summed E-state index contributed by atoms with van der Waals surface area (Å²) < 4.78 is 1.75. The van der Waals surface area contributed by atoms with Gasteiger partial charge in [-0.2, -0.15) is 4.68 Å². The van der Waals surface area contributed by atoms with E-state index in [0.29, 0.717) is 5.69 Å². The van der Waals surface area contributed by atoms with Crippen molar-refractivity contribution in [2.75, 3.05) is 0 Å². The molecule has 6 heteroatoms. The molecule has 5 nitrogen and oxygen atoms in total. The van der Waals surface area contributed by atoms with E-state index in [4.69, 9.17) is 0 Å². The van der Waals surface area contributed by atoms with E-state index in [9.17, 15) is 5.11 Å². The van der Waals surface area contributed by atoms with Gasteiger partial charge in [0.2, 0.25) is 5.13 Å². The van der Waals surface area contributed by atoms with Crippen molar-refractivity contribution >= 4 is 11.3 Å². The molecular formula is C16H18N4OS. The van der Waals surface area contributed by atoms with Crippen molar-refractivity contribution in [3.8, 4) is 5.13 Å². The van der Waals surface area contributed by atoms with Gasteiger partial charge in [0.05, 0.1) is 18.0 Å². The van der Waals surface area contributed by atoms with Gasteiger partial charge in [-0.15, -0.1) is 16.4 Å². The van der Waals surface area contributed by atoms with Crippen molar-refractivity contribution < 1.29 is 5.11 Å². The Morgan fingerprint density at radius 2 is 1.91 bits per heavy atom. The van der Waals surface area contributed by atoms with Crippen LogP contribution in [0.2, 0.25) is 0 Å². The Kier molecular flexibility index (Phi) is 4.31. The Morgan fingerprint density at radius 1 is 1.14 bits per heavy atom. The smallest absolute Gasteiger partial charge is 0.212 e. The Hall–Kier alpha value is -2.05. The molecule has 1 aromatic carbocycles. The van der Waals surface area contributed by atoms with Crippen LogP contribution in [0.15, 0.2) is 29.6 Å². The highest BCUT2D eigenvalue weighted by Crippen LogP contribution is 2.19. The van der Waals surface area contributed by atoms with Crippen LogP contribution in [-0.2, 0) is 19.4 Å². The molecule has 0 aliphatic carbocycles. The van der Waals surface area contributed by atoms with Crippen LogP contribution in [0.5, 0.6) is 0 Å². The van der Waals surface area contributed by atoms with Crippen LogP contribution in [0.1, 0.15) is 28.2 Å². The SMILES string of the molecule is Cc1ccc(CCc2c(CO)nnn2-c2nc(C)cs2)cc1. The average Bonchev–Trinajstić information content (AvgIpc) is 3.12. The predicted octanol–water partition coefficient (Wildman–Crippen LogP) is 2.62. The molecule has 3 aromatic rings.